The first-order valence-corrected chi connectivity index (χ1v) is 10.5. The lowest BCUT2D eigenvalue weighted by atomic mass is 9.91. The number of carbonyl (C=O) groups excluding carboxylic acids is 3. The van der Waals surface area contributed by atoms with Crippen molar-refractivity contribution in [2.75, 3.05) is 25.5 Å². The molecular weight excluding hydrogens is 415 g/mol. The molecule has 0 aliphatic carbocycles. The van der Waals surface area contributed by atoms with Crippen molar-refractivity contribution >= 4 is 23.5 Å². The summed E-state index contributed by atoms with van der Waals surface area (Å²) in [5, 5.41) is 5.71. The molecule has 0 spiro atoms. The van der Waals surface area contributed by atoms with Crippen molar-refractivity contribution in [2.45, 2.75) is 25.6 Å². The number of anilines is 1. The van der Waals surface area contributed by atoms with E-state index in [1.54, 1.807) is 37.4 Å². The van der Waals surface area contributed by atoms with E-state index in [4.69, 9.17) is 4.74 Å². The second-order valence-corrected chi connectivity index (χ2v) is 7.86. The van der Waals surface area contributed by atoms with Crippen molar-refractivity contribution in [2.24, 2.45) is 5.92 Å². The van der Waals surface area contributed by atoms with E-state index >= 15 is 0 Å². The van der Waals surface area contributed by atoms with Crippen LogP contribution >= 0.6 is 0 Å². The van der Waals surface area contributed by atoms with Crippen LogP contribution in [0.2, 0.25) is 0 Å². The van der Waals surface area contributed by atoms with E-state index in [9.17, 15) is 18.8 Å². The molecule has 2 aromatic carbocycles. The van der Waals surface area contributed by atoms with Gasteiger partial charge in [0.2, 0.25) is 11.8 Å². The predicted molar refractivity (Wildman–Crippen MR) is 115 cm³/mol. The molecule has 2 saturated heterocycles. The van der Waals surface area contributed by atoms with Gasteiger partial charge in [-0.15, -0.1) is 0 Å². The summed E-state index contributed by atoms with van der Waals surface area (Å²) in [7, 11) is 1.56. The van der Waals surface area contributed by atoms with E-state index in [1.165, 1.54) is 28.0 Å². The summed E-state index contributed by atoms with van der Waals surface area (Å²) in [4.78, 5) is 41.6. The maximum Gasteiger partial charge on any atom is 0.328 e. The monoisotopic (exact) mass is 440 g/mol. The van der Waals surface area contributed by atoms with Gasteiger partial charge >= 0.3 is 6.03 Å². The van der Waals surface area contributed by atoms with Crippen molar-refractivity contribution < 1.29 is 23.5 Å². The Balaban J connectivity index is 1.54. The summed E-state index contributed by atoms with van der Waals surface area (Å²) in [5.74, 6) is -1.12. The minimum absolute atomic E-state index is 0.0428. The number of urea groups is 1. The van der Waals surface area contributed by atoms with Gasteiger partial charge in [-0.3, -0.25) is 24.7 Å². The number of imide groups is 1. The van der Waals surface area contributed by atoms with E-state index in [-0.39, 0.29) is 24.7 Å². The number of rotatable bonds is 6. The molecule has 8 nitrogen and oxygen atoms in total. The number of carbonyl (C=O) groups is 3. The lowest BCUT2D eigenvalue weighted by Gasteiger charge is -2.46. The highest BCUT2D eigenvalue weighted by Gasteiger charge is 2.47. The van der Waals surface area contributed by atoms with Gasteiger partial charge in [-0.2, -0.15) is 0 Å². The van der Waals surface area contributed by atoms with Gasteiger partial charge in [0.05, 0.1) is 31.4 Å². The molecule has 2 unspecified atom stereocenters. The lowest BCUT2D eigenvalue weighted by molar-refractivity contribution is -0.143. The molecule has 2 atom stereocenters. The predicted octanol–water partition coefficient (Wildman–Crippen LogP) is 2.56. The molecular formula is C23H25FN4O4. The Morgan fingerprint density at radius 1 is 1.19 bits per heavy atom. The summed E-state index contributed by atoms with van der Waals surface area (Å²) in [6.07, 6.45) is 0.850. The third-order valence-electron chi connectivity index (χ3n) is 5.78. The summed E-state index contributed by atoms with van der Waals surface area (Å²) in [5.41, 5.74) is 0.812. The number of benzene rings is 2. The van der Waals surface area contributed by atoms with Crippen LogP contribution < -0.4 is 15.4 Å². The van der Waals surface area contributed by atoms with Crippen molar-refractivity contribution in [1.29, 1.82) is 0 Å². The van der Waals surface area contributed by atoms with Gasteiger partial charge in [-0.25, -0.2) is 9.18 Å². The van der Waals surface area contributed by atoms with Crippen LogP contribution in [0.5, 0.6) is 5.75 Å². The molecule has 2 aromatic rings. The Morgan fingerprint density at radius 3 is 2.66 bits per heavy atom. The fraction of sp³-hybridized carbons (Fsp3) is 0.348. The van der Waals surface area contributed by atoms with Gasteiger partial charge in [-0.05, 0) is 49.2 Å². The molecule has 2 aliphatic heterocycles. The number of methoxy groups -OCH3 is 1. The first-order valence-electron chi connectivity index (χ1n) is 10.5. The molecule has 4 rings (SSSR count). The standard InChI is InChI=1S/C23H25FN4O4/c1-32-16-10-8-15(9-11-16)13-28-22(30)17-5-4-12-25-21(17)27(23(28)31)14-20(29)26-19-7-3-2-6-18(19)24/h2-3,6-11,17,21,25H,4-5,12-14H2,1H3,(H,26,29). The SMILES string of the molecule is COc1ccc(CN2C(=O)C3CCCNC3N(CC(=O)Nc3ccccc3F)C2=O)cc1. The molecule has 2 heterocycles. The average Bonchev–Trinajstić information content (AvgIpc) is 2.81. The van der Waals surface area contributed by atoms with Crippen molar-refractivity contribution in [1.82, 2.24) is 15.1 Å². The molecule has 2 N–H and O–H groups in total. The zero-order valence-electron chi connectivity index (χ0n) is 17.7. The second-order valence-electron chi connectivity index (χ2n) is 7.86. The minimum atomic E-state index is -0.567. The van der Waals surface area contributed by atoms with Crippen LogP contribution in [0.15, 0.2) is 48.5 Å². The van der Waals surface area contributed by atoms with Crippen molar-refractivity contribution in [3.8, 4) is 5.75 Å². The highest BCUT2D eigenvalue weighted by molar-refractivity contribution is 6.01. The second kappa shape index (κ2) is 9.35. The van der Waals surface area contributed by atoms with Gasteiger partial charge in [-0.1, -0.05) is 24.3 Å². The summed E-state index contributed by atoms with van der Waals surface area (Å²) in [6, 6.07) is 12.4. The van der Waals surface area contributed by atoms with Crippen LogP contribution in [0.4, 0.5) is 14.9 Å². The zero-order valence-corrected chi connectivity index (χ0v) is 17.7. The number of fused-ring (bicyclic) bond motifs is 1. The van der Waals surface area contributed by atoms with Gasteiger partial charge in [0.25, 0.3) is 0 Å². The van der Waals surface area contributed by atoms with E-state index < -0.39 is 29.8 Å². The number of amides is 4. The molecule has 9 heteroatoms. The van der Waals surface area contributed by atoms with Gasteiger partial charge in [0, 0.05) is 0 Å². The average molecular weight is 440 g/mol. The lowest BCUT2D eigenvalue weighted by Crippen LogP contribution is -2.68. The molecule has 0 aromatic heterocycles. The molecule has 0 radical (unpaired) electrons. The highest BCUT2D eigenvalue weighted by Crippen LogP contribution is 2.29. The molecule has 2 fully saturated rings. The van der Waals surface area contributed by atoms with Crippen molar-refractivity contribution in [3.63, 3.8) is 0 Å². The number of nitrogens with zero attached hydrogens (tertiary/aromatic N) is 2. The number of halogens is 1. The van der Waals surface area contributed by atoms with Crippen molar-refractivity contribution in [3.05, 3.63) is 59.9 Å². The number of hydrogen-bond donors (Lipinski definition) is 2. The molecule has 4 amide bonds. The normalized spacial score (nSPS) is 20.7. The topological polar surface area (TPSA) is 91.0 Å². The van der Waals surface area contributed by atoms with E-state index in [0.29, 0.717) is 18.7 Å². The molecule has 32 heavy (non-hydrogen) atoms. The van der Waals surface area contributed by atoms with Crippen LogP contribution in [0, 0.1) is 11.7 Å². The first-order chi connectivity index (χ1) is 15.5. The summed E-state index contributed by atoms with van der Waals surface area (Å²) < 4.78 is 19.1. The smallest absolute Gasteiger partial charge is 0.328 e. The van der Waals surface area contributed by atoms with Crippen LogP contribution in [0.3, 0.4) is 0 Å². The third kappa shape index (κ3) is 4.43. The fourth-order valence-corrected chi connectivity index (χ4v) is 4.16. The fourth-order valence-electron chi connectivity index (χ4n) is 4.16. The van der Waals surface area contributed by atoms with Crippen LogP contribution in [0.25, 0.3) is 0 Å². The number of hydrogen-bond acceptors (Lipinski definition) is 5. The maximum atomic E-state index is 13.9. The third-order valence-corrected chi connectivity index (χ3v) is 5.78. The largest absolute Gasteiger partial charge is 0.497 e. The maximum absolute atomic E-state index is 13.9. The van der Waals surface area contributed by atoms with E-state index in [0.717, 1.165) is 12.0 Å². The number of ether oxygens (including phenoxy) is 1. The van der Waals surface area contributed by atoms with Crippen LogP contribution in [0.1, 0.15) is 18.4 Å². The van der Waals surface area contributed by atoms with Crippen LogP contribution in [-0.2, 0) is 16.1 Å². The minimum Gasteiger partial charge on any atom is -0.497 e. The Morgan fingerprint density at radius 2 is 1.94 bits per heavy atom. The molecule has 0 bridgehead atoms. The van der Waals surface area contributed by atoms with E-state index in [1.807, 2.05) is 0 Å². The van der Waals surface area contributed by atoms with Gasteiger partial charge in [0.1, 0.15) is 18.1 Å². The Labute approximate surface area is 185 Å². The van der Waals surface area contributed by atoms with Crippen LogP contribution in [-0.4, -0.2) is 54.0 Å². The highest BCUT2D eigenvalue weighted by atomic mass is 19.1. The summed E-state index contributed by atoms with van der Waals surface area (Å²) >= 11 is 0. The Kier molecular flexibility index (Phi) is 6.36. The molecule has 2 aliphatic rings. The number of nitrogens with one attached hydrogen (secondary N) is 2. The number of piperidine rings is 1. The molecule has 0 saturated carbocycles. The zero-order chi connectivity index (χ0) is 22.7. The number of para-hydroxylation sites is 1. The molecule has 168 valence electrons. The van der Waals surface area contributed by atoms with Gasteiger partial charge < -0.3 is 10.1 Å². The summed E-state index contributed by atoms with van der Waals surface area (Å²) in [6.45, 7) is 0.440. The Hall–Kier alpha value is -3.46. The Bertz CT molecular complexity index is 1010. The van der Waals surface area contributed by atoms with E-state index in [2.05, 4.69) is 10.6 Å². The van der Waals surface area contributed by atoms with Gasteiger partial charge in [0.15, 0.2) is 0 Å². The quantitative estimate of drug-likeness (QED) is 0.721. The first kappa shape index (κ1) is 21.8.